The van der Waals surface area contributed by atoms with Crippen LogP contribution in [0.25, 0.3) is 0 Å². The lowest BCUT2D eigenvalue weighted by atomic mass is 9.89. The third-order valence-corrected chi connectivity index (χ3v) is 3.54. The minimum Gasteiger partial charge on any atom is -0.393 e. The van der Waals surface area contributed by atoms with Crippen molar-refractivity contribution in [3.63, 3.8) is 0 Å². The smallest absolute Gasteiger partial charge is 0.234 e. The van der Waals surface area contributed by atoms with Crippen molar-refractivity contribution in [2.45, 2.75) is 47.1 Å². The minimum atomic E-state index is -0.155. The van der Waals surface area contributed by atoms with E-state index in [9.17, 15) is 4.79 Å². The van der Waals surface area contributed by atoms with Gasteiger partial charge < -0.3 is 11.1 Å². The van der Waals surface area contributed by atoms with Crippen LogP contribution in [-0.4, -0.2) is 41.5 Å². The zero-order valence-electron chi connectivity index (χ0n) is 12.2. The van der Waals surface area contributed by atoms with Gasteiger partial charge >= 0.3 is 0 Å². The molecule has 4 nitrogen and oxygen atoms in total. The van der Waals surface area contributed by atoms with Crippen molar-refractivity contribution in [3.8, 4) is 0 Å². The predicted octanol–water partition coefficient (Wildman–Crippen LogP) is 1.54. The van der Waals surface area contributed by atoms with Crippen LogP contribution in [0.5, 0.6) is 0 Å². The Kier molecular flexibility index (Phi) is 7.40. The summed E-state index contributed by atoms with van der Waals surface area (Å²) >= 11 is 5.04. The van der Waals surface area contributed by atoms with Crippen molar-refractivity contribution >= 4 is 23.1 Å². The largest absolute Gasteiger partial charge is 0.393 e. The van der Waals surface area contributed by atoms with E-state index in [1.54, 1.807) is 0 Å². The van der Waals surface area contributed by atoms with Crippen molar-refractivity contribution in [2.24, 2.45) is 11.1 Å². The Hall–Kier alpha value is -0.680. The molecule has 18 heavy (non-hydrogen) atoms. The number of thiocarbonyl (C=S) groups is 1. The van der Waals surface area contributed by atoms with Crippen LogP contribution in [0.4, 0.5) is 0 Å². The average Bonchev–Trinajstić information content (AvgIpc) is 2.22. The van der Waals surface area contributed by atoms with Gasteiger partial charge in [0.2, 0.25) is 5.91 Å². The molecule has 0 radical (unpaired) electrons. The zero-order valence-corrected chi connectivity index (χ0v) is 13.1. The number of nitrogens with two attached hydrogens (primary N) is 1. The Morgan fingerprint density at radius 2 is 2.00 bits per heavy atom. The summed E-state index contributed by atoms with van der Waals surface area (Å²) in [7, 11) is 0. The van der Waals surface area contributed by atoms with Crippen molar-refractivity contribution in [1.29, 1.82) is 0 Å². The van der Waals surface area contributed by atoms with Crippen molar-refractivity contribution in [2.75, 3.05) is 19.6 Å². The second-order valence-corrected chi connectivity index (χ2v) is 6.03. The summed E-state index contributed by atoms with van der Waals surface area (Å²) < 4.78 is 0. The molecule has 0 saturated heterocycles. The number of carbonyl (C=O) groups is 1. The molecule has 0 aromatic rings. The fourth-order valence-electron chi connectivity index (χ4n) is 1.48. The van der Waals surface area contributed by atoms with Crippen LogP contribution in [0.1, 0.15) is 41.0 Å². The summed E-state index contributed by atoms with van der Waals surface area (Å²) in [4.78, 5) is 14.3. The molecule has 0 aliphatic carbocycles. The molecule has 5 heteroatoms. The van der Waals surface area contributed by atoms with Gasteiger partial charge in [-0.05, 0) is 33.4 Å². The van der Waals surface area contributed by atoms with E-state index in [1.165, 1.54) is 0 Å². The summed E-state index contributed by atoms with van der Waals surface area (Å²) in [5, 5.41) is 2.90. The molecule has 0 aliphatic heterocycles. The number of rotatable bonds is 8. The number of likely N-dealkylation sites (N-methyl/N-ethyl adjacent to an activating group) is 1. The van der Waals surface area contributed by atoms with Gasteiger partial charge in [-0.3, -0.25) is 9.69 Å². The summed E-state index contributed by atoms with van der Waals surface area (Å²) in [6, 6.07) is 0.185. The molecule has 0 aliphatic rings. The normalized spacial score (nSPS) is 11.9. The maximum Gasteiger partial charge on any atom is 0.234 e. The number of hydrogen-bond donors (Lipinski definition) is 2. The highest BCUT2D eigenvalue weighted by molar-refractivity contribution is 7.80. The van der Waals surface area contributed by atoms with Gasteiger partial charge in [0.1, 0.15) is 0 Å². The van der Waals surface area contributed by atoms with E-state index in [4.69, 9.17) is 18.0 Å². The molecule has 0 bridgehead atoms. The monoisotopic (exact) mass is 273 g/mol. The van der Waals surface area contributed by atoms with Crippen LogP contribution < -0.4 is 11.1 Å². The second-order valence-electron chi connectivity index (χ2n) is 5.59. The van der Waals surface area contributed by atoms with Crippen LogP contribution in [0.3, 0.4) is 0 Å². The first-order chi connectivity index (χ1) is 8.19. The fourth-order valence-corrected chi connectivity index (χ4v) is 1.58. The molecule has 0 aromatic carbocycles. The van der Waals surface area contributed by atoms with E-state index in [2.05, 4.69) is 17.1 Å². The third kappa shape index (κ3) is 6.91. The van der Waals surface area contributed by atoms with Gasteiger partial charge in [0.05, 0.1) is 11.5 Å². The Balaban J connectivity index is 4.20. The van der Waals surface area contributed by atoms with Crippen LogP contribution in [0.15, 0.2) is 0 Å². The summed E-state index contributed by atoms with van der Waals surface area (Å²) in [6.07, 6.45) is 0.866. The molecular formula is C13H27N3OS. The SMILES string of the molecule is CCN(CCC(C)(C)C(N)=S)CC(=O)NC(C)C. The lowest BCUT2D eigenvalue weighted by molar-refractivity contribution is -0.122. The molecule has 0 atom stereocenters. The van der Waals surface area contributed by atoms with E-state index in [0.717, 1.165) is 19.5 Å². The standard InChI is InChI=1S/C13H27N3OS/c1-6-16(9-11(17)15-10(2)3)8-7-13(4,5)12(14)18/h10H,6-9H2,1-5H3,(H2,14,18)(H,15,17). The van der Waals surface area contributed by atoms with E-state index >= 15 is 0 Å². The van der Waals surface area contributed by atoms with Gasteiger partial charge in [0, 0.05) is 11.5 Å². The fraction of sp³-hybridized carbons (Fsp3) is 0.846. The highest BCUT2D eigenvalue weighted by atomic mass is 32.1. The Labute approximate surface area is 116 Å². The molecule has 0 aromatic heterocycles. The Morgan fingerprint density at radius 3 is 2.39 bits per heavy atom. The summed E-state index contributed by atoms with van der Waals surface area (Å²) in [5.41, 5.74) is 5.54. The first kappa shape index (κ1) is 17.3. The molecule has 0 heterocycles. The number of carbonyl (C=O) groups excluding carboxylic acids is 1. The van der Waals surface area contributed by atoms with Gasteiger partial charge in [-0.1, -0.05) is 33.0 Å². The van der Waals surface area contributed by atoms with Crippen molar-refractivity contribution < 1.29 is 4.79 Å². The van der Waals surface area contributed by atoms with Gasteiger partial charge in [-0.15, -0.1) is 0 Å². The second kappa shape index (κ2) is 7.69. The Bertz CT molecular complexity index is 290. The molecule has 0 fully saturated rings. The maximum atomic E-state index is 11.7. The average molecular weight is 273 g/mol. The number of nitrogens with one attached hydrogen (secondary N) is 1. The molecule has 1 amide bonds. The van der Waals surface area contributed by atoms with Crippen molar-refractivity contribution in [1.82, 2.24) is 10.2 Å². The maximum absolute atomic E-state index is 11.7. The first-order valence-electron chi connectivity index (χ1n) is 6.50. The highest BCUT2D eigenvalue weighted by Crippen LogP contribution is 2.20. The highest BCUT2D eigenvalue weighted by Gasteiger charge is 2.22. The Morgan fingerprint density at radius 1 is 1.44 bits per heavy atom. The summed E-state index contributed by atoms with van der Waals surface area (Å²) in [5.74, 6) is 0.0694. The van der Waals surface area contributed by atoms with Crippen LogP contribution >= 0.6 is 12.2 Å². The van der Waals surface area contributed by atoms with Crippen LogP contribution in [0, 0.1) is 5.41 Å². The molecule has 0 rings (SSSR count). The minimum absolute atomic E-state index is 0.0694. The van der Waals surface area contributed by atoms with Crippen LogP contribution in [-0.2, 0) is 4.79 Å². The lowest BCUT2D eigenvalue weighted by Gasteiger charge is -2.27. The lowest BCUT2D eigenvalue weighted by Crippen LogP contribution is -2.42. The molecule has 0 spiro atoms. The molecular weight excluding hydrogens is 246 g/mol. The number of nitrogens with zero attached hydrogens (tertiary/aromatic N) is 1. The van der Waals surface area contributed by atoms with E-state index in [-0.39, 0.29) is 17.4 Å². The zero-order chi connectivity index (χ0) is 14.3. The molecule has 106 valence electrons. The van der Waals surface area contributed by atoms with Gasteiger partial charge in [-0.2, -0.15) is 0 Å². The van der Waals surface area contributed by atoms with E-state index in [1.807, 2.05) is 27.7 Å². The summed E-state index contributed by atoms with van der Waals surface area (Å²) in [6.45, 7) is 12.2. The van der Waals surface area contributed by atoms with Gasteiger partial charge in [0.25, 0.3) is 0 Å². The first-order valence-corrected chi connectivity index (χ1v) is 6.91. The topological polar surface area (TPSA) is 58.4 Å². The molecule has 0 saturated carbocycles. The molecule has 3 N–H and O–H groups in total. The van der Waals surface area contributed by atoms with Gasteiger partial charge in [-0.25, -0.2) is 0 Å². The van der Waals surface area contributed by atoms with E-state index in [0.29, 0.717) is 11.5 Å². The van der Waals surface area contributed by atoms with Gasteiger partial charge in [0.15, 0.2) is 0 Å². The third-order valence-electron chi connectivity index (χ3n) is 2.98. The number of hydrogen-bond acceptors (Lipinski definition) is 3. The van der Waals surface area contributed by atoms with E-state index < -0.39 is 0 Å². The molecule has 0 unspecified atom stereocenters. The predicted molar refractivity (Wildman–Crippen MR) is 80.6 cm³/mol. The number of amides is 1. The van der Waals surface area contributed by atoms with Crippen LogP contribution in [0.2, 0.25) is 0 Å². The quantitative estimate of drug-likeness (QED) is 0.659. The van der Waals surface area contributed by atoms with Crippen molar-refractivity contribution in [3.05, 3.63) is 0 Å².